The van der Waals surface area contributed by atoms with Crippen LogP contribution < -0.4 is 11.1 Å². The molecule has 0 aliphatic carbocycles. The maximum atomic E-state index is 11.4. The molecule has 2 atom stereocenters. The molecule has 0 aromatic heterocycles. The quantitative estimate of drug-likeness (QED) is 0.653. The smallest absolute Gasteiger partial charge is 0.317 e. The fraction of sp³-hybridized carbons (Fsp3) is 0.889. The number of carbonyl (C=O) groups excluding carboxylic acids is 1. The molecule has 0 bridgehead atoms. The fourth-order valence-electron chi connectivity index (χ4n) is 1.66. The van der Waals surface area contributed by atoms with E-state index in [4.69, 9.17) is 5.73 Å². The van der Waals surface area contributed by atoms with Gasteiger partial charge < -0.3 is 16.0 Å². The summed E-state index contributed by atoms with van der Waals surface area (Å²) in [6.07, 6.45) is 1.04. The topological polar surface area (TPSA) is 58.4 Å². The summed E-state index contributed by atoms with van der Waals surface area (Å²) in [5.41, 5.74) is 5.78. The molecule has 0 radical (unpaired) electrons. The van der Waals surface area contributed by atoms with Crippen molar-refractivity contribution in [1.29, 1.82) is 0 Å². The highest BCUT2D eigenvalue weighted by Gasteiger charge is 2.27. The maximum absolute atomic E-state index is 11.4. The molecule has 3 N–H and O–H groups in total. The molecule has 1 fully saturated rings. The highest BCUT2D eigenvalue weighted by Crippen LogP contribution is 2.18. The van der Waals surface area contributed by atoms with Crippen molar-refractivity contribution in [1.82, 2.24) is 10.2 Å². The lowest BCUT2D eigenvalue weighted by Crippen LogP contribution is -2.39. The monoisotopic (exact) mass is 185 g/mol. The van der Waals surface area contributed by atoms with Gasteiger partial charge in [0, 0.05) is 25.7 Å². The van der Waals surface area contributed by atoms with E-state index in [-0.39, 0.29) is 12.1 Å². The molecule has 0 aromatic rings. The van der Waals surface area contributed by atoms with Crippen LogP contribution in [0.3, 0.4) is 0 Å². The van der Waals surface area contributed by atoms with Gasteiger partial charge in [0.1, 0.15) is 0 Å². The molecule has 76 valence electrons. The molecule has 2 amide bonds. The van der Waals surface area contributed by atoms with Crippen LogP contribution in [0.25, 0.3) is 0 Å². The van der Waals surface area contributed by atoms with E-state index >= 15 is 0 Å². The Morgan fingerprint density at radius 2 is 2.46 bits per heavy atom. The second-order valence-corrected chi connectivity index (χ2v) is 3.69. The predicted molar refractivity (Wildman–Crippen MR) is 52.4 cm³/mol. The van der Waals surface area contributed by atoms with E-state index < -0.39 is 0 Å². The number of nitrogens with one attached hydrogen (secondary N) is 1. The molecule has 1 aliphatic rings. The molecule has 0 spiro atoms. The molecule has 1 rings (SSSR count). The number of carbonyl (C=O) groups is 1. The first-order valence-electron chi connectivity index (χ1n) is 4.93. The highest BCUT2D eigenvalue weighted by molar-refractivity contribution is 5.74. The average Bonchev–Trinajstić information content (AvgIpc) is 2.52. The molecular formula is C9H19N3O. The number of nitrogens with two attached hydrogens (primary N) is 1. The molecular weight excluding hydrogens is 166 g/mol. The Bertz CT molecular complexity index is 182. The van der Waals surface area contributed by atoms with Gasteiger partial charge in [0.25, 0.3) is 0 Å². The second-order valence-electron chi connectivity index (χ2n) is 3.69. The van der Waals surface area contributed by atoms with E-state index in [0.29, 0.717) is 12.5 Å². The van der Waals surface area contributed by atoms with Crippen LogP contribution in [0.4, 0.5) is 4.79 Å². The van der Waals surface area contributed by atoms with Crippen LogP contribution in [0.1, 0.15) is 20.3 Å². The minimum absolute atomic E-state index is 0.0469. The third kappa shape index (κ3) is 2.59. The molecule has 1 saturated heterocycles. The molecule has 0 aromatic carbocycles. The fourth-order valence-corrected chi connectivity index (χ4v) is 1.66. The summed E-state index contributed by atoms with van der Waals surface area (Å²) in [6.45, 7) is 6.28. The Kier molecular flexibility index (Phi) is 3.54. The van der Waals surface area contributed by atoms with Gasteiger partial charge in [-0.2, -0.15) is 0 Å². The van der Waals surface area contributed by atoms with Crippen LogP contribution in [0, 0.1) is 5.92 Å². The lowest BCUT2D eigenvalue weighted by molar-refractivity contribution is 0.207. The number of hydrogen-bond donors (Lipinski definition) is 2. The number of nitrogens with zero attached hydrogens (tertiary/aromatic N) is 1. The zero-order chi connectivity index (χ0) is 9.84. The lowest BCUT2D eigenvalue weighted by Gasteiger charge is -2.18. The summed E-state index contributed by atoms with van der Waals surface area (Å²) >= 11 is 0. The summed E-state index contributed by atoms with van der Waals surface area (Å²) in [6, 6.07) is 0.241. The summed E-state index contributed by atoms with van der Waals surface area (Å²) < 4.78 is 0. The van der Waals surface area contributed by atoms with Crippen molar-refractivity contribution in [2.75, 3.05) is 19.6 Å². The van der Waals surface area contributed by atoms with Crippen LogP contribution in [0.15, 0.2) is 0 Å². The SMILES string of the molecule is CCNC(=O)N1CCC(C(C)N)C1. The van der Waals surface area contributed by atoms with Crippen LogP contribution >= 0.6 is 0 Å². The van der Waals surface area contributed by atoms with Gasteiger partial charge in [-0.05, 0) is 26.2 Å². The summed E-state index contributed by atoms with van der Waals surface area (Å²) in [4.78, 5) is 13.2. The van der Waals surface area contributed by atoms with Crippen molar-refractivity contribution >= 4 is 6.03 Å². The van der Waals surface area contributed by atoms with Gasteiger partial charge >= 0.3 is 6.03 Å². The zero-order valence-corrected chi connectivity index (χ0v) is 8.42. The van der Waals surface area contributed by atoms with Crippen LogP contribution in [-0.4, -0.2) is 36.6 Å². The normalized spacial score (nSPS) is 24.5. The van der Waals surface area contributed by atoms with Gasteiger partial charge in [-0.1, -0.05) is 0 Å². The van der Waals surface area contributed by atoms with Gasteiger partial charge in [-0.15, -0.1) is 0 Å². The largest absolute Gasteiger partial charge is 0.338 e. The van der Waals surface area contributed by atoms with Crippen molar-refractivity contribution in [3.63, 3.8) is 0 Å². The van der Waals surface area contributed by atoms with Crippen LogP contribution in [-0.2, 0) is 0 Å². The second kappa shape index (κ2) is 4.46. The maximum Gasteiger partial charge on any atom is 0.317 e. The molecule has 1 aliphatic heterocycles. The minimum atomic E-state index is 0.0469. The number of rotatable bonds is 2. The molecule has 2 unspecified atom stereocenters. The highest BCUT2D eigenvalue weighted by atomic mass is 16.2. The lowest BCUT2D eigenvalue weighted by atomic mass is 10.0. The Hall–Kier alpha value is -0.770. The van der Waals surface area contributed by atoms with Crippen molar-refractivity contribution < 1.29 is 4.79 Å². The van der Waals surface area contributed by atoms with Gasteiger partial charge in [0.05, 0.1) is 0 Å². The van der Waals surface area contributed by atoms with E-state index in [0.717, 1.165) is 19.5 Å². The summed E-state index contributed by atoms with van der Waals surface area (Å²) in [5, 5.41) is 2.79. The van der Waals surface area contributed by atoms with Gasteiger partial charge in [-0.25, -0.2) is 4.79 Å². The van der Waals surface area contributed by atoms with E-state index in [2.05, 4.69) is 5.32 Å². The van der Waals surface area contributed by atoms with Crippen molar-refractivity contribution in [2.24, 2.45) is 11.7 Å². The van der Waals surface area contributed by atoms with E-state index in [1.807, 2.05) is 18.7 Å². The first kappa shape index (κ1) is 10.3. The first-order chi connectivity index (χ1) is 6.15. The Labute approximate surface area is 79.5 Å². The Balaban J connectivity index is 2.36. The van der Waals surface area contributed by atoms with E-state index in [1.165, 1.54) is 0 Å². The van der Waals surface area contributed by atoms with Gasteiger partial charge in [-0.3, -0.25) is 0 Å². The third-order valence-corrected chi connectivity index (χ3v) is 2.58. The summed E-state index contributed by atoms with van der Waals surface area (Å²) in [5.74, 6) is 0.475. The van der Waals surface area contributed by atoms with Crippen LogP contribution in [0.5, 0.6) is 0 Å². The molecule has 0 saturated carbocycles. The summed E-state index contributed by atoms with van der Waals surface area (Å²) in [7, 11) is 0. The van der Waals surface area contributed by atoms with Crippen molar-refractivity contribution in [2.45, 2.75) is 26.3 Å². The van der Waals surface area contributed by atoms with Crippen molar-refractivity contribution in [3.05, 3.63) is 0 Å². The number of amides is 2. The van der Waals surface area contributed by atoms with E-state index in [9.17, 15) is 4.79 Å². The number of urea groups is 1. The zero-order valence-electron chi connectivity index (χ0n) is 8.42. The predicted octanol–water partition coefficient (Wildman–Crippen LogP) is 0.385. The molecule has 13 heavy (non-hydrogen) atoms. The van der Waals surface area contributed by atoms with Gasteiger partial charge in [0.15, 0.2) is 0 Å². The third-order valence-electron chi connectivity index (χ3n) is 2.58. The average molecular weight is 185 g/mol. The van der Waals surface area contributed by atoms with Crippen molar-refractivity contribution in [3.8, 4) is 0 Å². The van der Waals surface area contributed by atoms with E-state index in [1.54, 1.807) is 0 Å². The van der Waals surface area contributed by atoms with Gasteiger partial charge in [0.2, 0.25) is 0 Å². The minimum Gasteiger partial charge on any atom is -0.338 e. The first-order valence-corrected chi connectivity index (χ1v) is 4.93. The molecule has 4 nitrogen and oxygen atoms in total. The Morgan fingerprint density at radius 1 is 1.77 bits per heavy atom. The Morgan fingerprint density at radius 3 is 2.92 bits per heavy atom. The number of hydrogen-bond acceptors (Lipinski definition) is 2. The number of likely N-dealkylation sites (tertiary alicyclic amines) is 1. The molecule has 1 heterocycles. The molecule has 4 heteroatoms. The standard InChI is InChI=1S/C9H19N3O/c1-3-11-9(13)12-5-4-8(6-12)7(2)10/h7-8H,3-6,10H2,1-2H3,(H,11,13). The van der Waals surface area contributed by atoms with Crippen LogP contribution in [0.2, 0.25) is 0 Å².